The Morgan fingerprint density at radius 2 is 1.61 bits per heavy atom. The van der Waals surface area contributed by atoms with Gasteiger partial charge in [0.05, 0.1) is 5.56 Å². The number of ketones is 1. The SMILES string of the molecule is C=CC(=O)OCc1c(F)cc(OC(=O)CCc2ccc3cc(OCC(=O)C(=C)C)ccc3c2)cc1F. The molecule has 0 saturated carbocycles. The number of halogens is 2. The highest BCUT2D eigenvalue weighted by Crippen LogP contribution is 2.24. The van der Waals surface area contributed by atoms with Crippen molar-refractivity contribution < 1.29 is 37.4 Å². The molecule has 0 aliphatic carbocycles. The van der Waals surface area contributed by atoms with Crippen molar-refractivity contribution in [2.24, 2.45) is 0 Å². The Hall–Kier alpha value is -4.33. The number of hydrogen-bond acceptors (Lipinski definition) is 6. The van der Waals surface area contributed by atoms with Gasteiger partial charge in [-0.2, -0.15) is 0 Å². The molecule has 0 unspecified atom stereocenters. The molecule has 0 fully saturated rings. The molecule has 0 bridgehead atoms. The Morgan fingerprint density at radius 1 is 0.944 bits per heavy atom. The Labute approximate surface area is 206 Å². The monoisotopic (exact) mass is 494 g/mol. The van der Waals surface area contributed by atoms with Gasteiger partial charge in [0.15, 0.2) is 12.4 Å². The van der Waals surface area contributed by atoms with E-state index in [1.165, 1.54) is 0 Å². The first kappa shape index (κ1) is 26.3. The zero-order valence-corrected chi connectivity index (χ0v) is 19.6. The number of hydrogen-bond donors (Lipinski definition) is 0. The van der Waals surface area contributed by atoms with Gasteiger partial charge in [-0.1, -0.05) is 37.4 Å². The largest absolute Gasteiger partial charge is 0.485 e. The minimum absolute atomic E-state index is 0.0162. The number of ether oxygens (including phenoxy) is 3. The molecule has 0 aromatic heterocycles. The second-order valence-corrected chi connectivity index (χ2v) is 7.99. The number of carbonyl (C=O) groups is 3. The van der Waals surface area contributed by atoms with Crippen LogP contribution in [0.1, 0.15) is 24.5 Å². The summed E-state index contributed by atoms with van der Waals surface area (Å²) in [5.74, 6) is -3.39. The summed E-state index contributed by atoms with van der Waals surface area (Å²) in [6, 6.07) is 12.7. The molecule has 3 rings (SSSR count). The van der Waals surface area contributed by atoms with E-state index >= 15 is 0 Å². The van der Waals surface area contributed by atoms with Crippen LogP contribution in [-0.2, 0) is 32.1 Å². The fourth-order valence-electron chi connectivity index (χ4n) is 3.20. The van der Waals surface area contributed by atoms with E-state index in [2.05, 4.69) is 17.9 Å². The third kappa shape index (κ3) is 7.09. The van der Waals surface area contributed by atoms with Crippen LogP contribution in [0.4, 0.5) is 8.78 Å². The van der Waals surface area contributed by atoms with Gasteiger partial charge in [0.2, 0.25) is 0 Å². The fourth-order valence-corrected chi connectivity index (χ4v) is 3.20. The van der Waals surface area contributed by atoms with Crippen LogP contribution in [0.25, 0.3) is 10.8 Å². The molecule has 6 nitrogen and oxygen atoms in total. The van der Waals surface area contributed by atoms with Crippen LogP contribution in [-0.4, -0.2) is 24.3 Å². The quantitative estimate of drug-likeness (QED) is 0.202. The molecular weight excluding hydrogens is 470 g/mol. The van der Waals surface area contributed by atoms with Crippen molar-refractivity contribution in [3.63, 3.8) is 0 Å². The van der Waals surface area contributed by atoms with E-state index in [9.17, 15) is 23.2 Å². The Bertz CT molecular complexity index is 1320. The number of esters is 2. The van der Waals surface area contributed by atoms with Crippen LogP contribution in [0.3, 0.4) is 0 Å². The molecule has 0 radical (unpaired) electrons. The summed E-state index contributed by atoms with van der Waals surface area (Å²) < 4.78 is 43.6. The van der Waals surface area contributed by atoms with Crippen LogP contribution in [0.15, 0.2) is 73.3 Å². The van der Waals surface area contributed by atoms with E-state index in [0.717, 1.165) is 34.5 Å². The van der Waals surface area contributed by atoms with E-state index < -0.39 is 35.7 Å². The molecule has 8 heteroatoms. The molecule has 3 aromatic carbocycles. The Kier molecular flexibility index (Phi) is 8.67. The molecule has 0 atom stereocenters. The molecule has 0 N–H and O–H groups in total. The van der Waals surface area contributed by atoms with Crippen LogP contribution < -0.4 is 9.47 Å². The van der Waals surface area contributed by atoms with Gasteiger partial charge in [-0.25, -0.2) is 13.6 Å². The van der Waals surface area contributed by atoms with Crippen molar-refractivity contribution in [2.75, 3.05) is 6.61 Å². The highest BCUT2D eigenvalue weighted by atomic mass is 19.1. The van der Waals surface area contributed by atoms with Crippen molar-refractivity contribution in [3.05, 3.63) is 96.1 Å². The predicted molar refractivity (Wildman–Crippen MR) is 130 cm³/mol. The van der Waals surface area contributed by atoms with Crippen molar-refractivity contribution >= 4 is 28.5 Å². The Morgan fingerprint density at radius 3 is 2.28 bits per heavy atom. The van der Waals surface area contributed by atoms with Crippen LogP contribution in [0.2, 0.25) is 0 Å². The standard InChI is InChI=1S/C28H24F2O6/c1-4-27(32)35-15-23-24(29)13-22(14-25(23)30)36-28(33)10-6-18-5-7-20-12-21(9-8-19(20)11-18)34-16-26(31)17(2)3/h4-5,7-9,11-14H,1-2,6,10,15-16H2,3H3. The van der Waals surface area contributed by atoms with E-state index in [1.54, 1.807) is 13.0 Å². The number of Topliss-reactive ketones (excluding diaryl/α,β-unsaturated/α-hetero) is 1. The van der Waals surface area contributed by atoms with Crippen molar-refractivity contribution in [1.29, 1.82) is 0 Å². The number of carbonyl (C=O) groups excluding carboxylic acids is 3. The average Bonchev–Trinajstić information content (AvgIpc) is 2.85. The number of benzene rings is 3. The molecule has 0 aliphatic rings. The highest BCUT2D eigenvalue weighted by molar-refractivity contribution is 5.95. The lowest BCUT2D eigenvalue weighted by Gasteiger charge is -2.10. The third-order valence-corrected chi connectivity index (χ3v) is 5.21. The topological polar surface area (TPSA) is 78.9 Å². The molecule has 186 valence electrons. The van der Waals surface area contributed by atoms with Crippen LogP contribution in [0, 0.1) is 11.6 Å². The summed E-state index contributed by atoms with van der Waals surface area (Å²) in [7, 11) is 0. The van der Waals surface area contributed by atoms with Crippen molar-refractivity contribution in [1.82, 2.24) is 0 Å². The second-order valence-electron chi connectivity index (χ2n) is 7.99. The maximum atomic E-state index is 14.2. The van der Waals surface area contributed by atoms with E-state index in [1.807, 2.05) is 30.3 Å². The summed E-state index contributed by atoms with van der Waals surface area (Å²) in [4.78, 5) is 35.0. The number of aryl methyl sites for hydroxylation is 1. The van der Waals surface area contributed by atoms with Crippen LogP contribution >= 0.6 is 0 Å². The van der Waals surface area contributed by atoms with E-state index in [0.29, 0.717) is 17.7 Å². The van der Waals surface area contributed by atoms with Gasteiger partial charge in [-0.15, -0.1) is 0 Å². The zero-order valence-electron chi connectivity index (χ0n) is 19.6. The lowest BCUT2D eigenvalue weighted by atomic mass is 10.0. The maximum absolute atomic E-state index is 14.2. The minimum atomic E-state index is -1.00. The molecule has 3 aromatic rings. The van der Waals surface area contributed by atoms with E-state index in [4.69, 9.17) is 9.47 Å². The fraction of sp³-hybridized carbons (Fsp3) is 0.179. The minimum Gasteiger partial charge on any atom is -0.485 e. The summed E-state index contributed by atoms with van der Waals surface area (Å²) in [6.45, 7) is 7.73. The van der Waals surface area contributed by atoms with Crippen molar-refractivity contribution in [3.8, 4) is 11.5 Å². The molecule has 0 amide bonds. The smallest absolute Gasteiger partial charge is 0.330 e. The molecule has 0 spiro atoms. The zero-order chi connectivity index (χ0) is 26.2. The summed E-state index contributed by atoms with van der Waals surface area (Å²) >= 11 is 0. The average molecular weight is 494 g/mol. The van der Waals surface area contributed by atoms with E-state index in [-0.39, 0.29) is 24.6 Å². The lowest BCUT2D eigenvalue weighted by Crippen LogP contribution is -2.11. The second kappa shape index (κ2) is 11.9. The predicted octanol–water partition coefficient (Wildman–Crippen LogP) is 5.41. The number of rotatable bonds is 11. The molecular formula is C28H24F2O6. The first-order valence-corrected chi connectivity index (χ1v) is 11.0. The van der Waals surface area contributed by atoms with Crippen LogP contribution in [0.5, 0.6) is 11.5 Å². The van der Waals surface area contributed by atoms with Gasteiger partial charge in [-0.05, 0) is 47.4 Å². The third-order valence-electron chi connectivity index (χ3n) is 5.21. The molecule has 0 heterocycles. The molecule has 0 aliphatic heterocycles. The maximum Gasteiger partial charge on any atom is 0.330 e. The normalized spacial score (nSPS) is 10.5. The molecule has 0 saturated heterocycles. The summed E-state index contributed by atoms with van der Waals surface area (Å²) in [5.41, 5.74) is 0.831. The number of fused-ring (bicyclic) bond motifs is 1. The van der Waals surface area contributed by atoms with Gasteiger partial charge >= 0.3 is 11.9 Å². The van der Waals surface area contributed by atoms with Gasteiger partial charge < -0.3 is 14.2 Å². The first-order valence-electron chi connectivity index (χ1n) is 11.0. The lowest BCUT2D eigenvalue weighted by molar-refractivity contribution is -0.139. The molecule has 36 heavy (non-hydrogen) atoms. The van der Waals surface area contributed by atoms with Crippen molar-refractivity contribution in [2.45, 2.75) is 26.4 Å². The van der Waals surface area contributed by atoms with Gasteiger partial charge in [-0.3, -0.25) is 9.59 Å². The summed E-state index contributed by atoms with van der Waals surface area (Å²) in [6.07, 6.45) is 1.21. The highest BCUT2D eigenvalue weighted by Gasteiger charge is 2.16. The summed E-state index contributed by atoms with van der Waals surface area (Å²) in [5, 5.41) is 1.81. The van der Waals surface area contributed by atoms with Gasteiger partial charge in [0.1, 0.15) is 29.7 Å². The Balaban J connectivity index is 1.57. The van der Waals surface area contributed by atoms with Gasteiger partial charge in [0, 0.05) is 24.6 Å². The first-order chi connectivity index (χ1) is 17.2. The van der Waals surface area contributed by atoms with Gasteiger partial charge in [0.25, 0.3) is 0 Å².